The van der Waals surface area contributed by atoms with Crippen LogP contribution in [0.4, 0.5) is 0 Å². The molecule has 3 aromatic rings. The SMILES string of the molecule is Cc1c(-c2ccc(OC3CCN(C4CCOCC4)CC3)cc2)ccc2cccnc12. The van der Waals surface area contributed by atoms with Crippen molar-refractivity contribution in [1.82, 2.24) is 9.88 Å². The first-order chi connectivity index (χ1) is 14.8. The topological polar surface area (TPSA) is 34.6 Å². The van der Waals surface area contributed by atoms with Crippen molar-refractivity contribution in [3.05, 3.63) is 60.3 Å². The summed E-state index contributed by atoms with van der Waals surface area (Å²) >= 11 is 0. The van der Waals surface area contributed by atoms with Crippen molar-refractivity contribution in [2.45, 2.75) is 44.8 Å². The van der Waals surface area contributed by atoms with Gasteiger partial charge >= 0.3 is 0 Å². The molecular weight excluding hydrogens is 372 g/mol. The molecule has 4 nitrogen and oxygen atoms in total. The van der Waals surface area contributed by atoms with Crippen LogP contribution in [0, 0.1) is 6.92 Å². The molecule has 0 bridgehead atoms. The molecule has 4 heteroatoms. The third-order valence-electron chi connectivity index (χ3n) is 6.68. The lowest BCUT2D eigenvalue weighted by molar-refractivity contribution is 0.0101. The average molecular weight is 403 g/mol. The third-order valence-corrected chi connectivity index (χ3v) is 6.68. The van der Waals surface area contributed by atoms with E-state index in [-0.39, 0.29) is 0 Å². The molecule has 0 N–H and O–H groups in total. The van der Waals surface area contributed by atoms with E-state index in [1.165, 1.54) is 34.9 Å². The van der Waals surface area contributed by atoms with Gasteiger partial charge in [0.25, 0.3) is 0 Å². The van der Waals surface area contributed by atoms with Crippen LogP contribution < -0.4 is 4.74 Å². The minimum absolute atomic E-state index is 0.318. The molecule has 1 aromatic heterocycles. The van der Waals surface area contributed by atoms with Crippen molar-refractivity contribution in [3.63, 3.8) is 0 Å². The number of pyridine rings is 1. The Morgan fingerprint density at radius 2 is 1.70 bits per heavy atom. The fraction of sp³-hybridized carbons (Fsp3) is 0.423. The standard InChI is InChI=1S/C26H30N2O2/c1-19-25(9-6-21-3-2-14-27-26(19)21)20-4-7-23(8-5-20)30-24-10-15-28(16-11-24)22-12-17-29-18-13-22/h2-9,14,22,24H,10-13,15-18H2,1H3. The van der Waals surface area contributed by atoms with Gasteiger partial charge in [0.2, 0.25) is 0 Å². The normalized spacial score (nSPS) is 19.2. The molecular formula is C26H30N2O2. The minimum atomic E-state index is 0.318. The lowest BCUT2D eigenvalue weighted by atomic mass is 9.98. The number of piperidine rings is 1. The highest BCUT2D eigenvalue weighted by molar-refractivity contribution is 5.88. The quantitative estimate of drug-likeness (QED) is 0.598. The summed E-state index contributed by atoms with van der Waals surface area (Å²) < 4.78 is 11.8. The van der Waals surface area contributed by atoms with E-state index in [9.17, 15) is 0 Å². The number of likely N-dealkylation sites (tertiary alicyclic amines) is 1. The Morgan fingerprint density at radius 1 is 0.933 bits per heavy atom. The molecule has 0 atom stereocenters. The molecule has 2 aromatic carbocycles. The van der Waals surface area contributed by atoms with Crippen molar-refractivity contribution in [2.75, 3.05) is 26.3 Å². The summed E-state index contributed by atoms with van der Waals surface area (Å²) in [6.45, 7) is 6.26. The lowest BCUT2D eigenvalue weighted by Crippen LogP contribution is -2.46. The van der Waals surface area contributed by atoms with Crippen LogP contribution in [-0.2, 0) is 4.74 Å². The van der Waals surface area contributed by atoms with Gasteiger partial charge in [-0.15, -0.1) is 0 Å². The second kappa shape index (κ2) is 8.75. The van der Waals surface area contributed by atoms with Crippen LogP contribution >= 0.6 is 0 Å². The highest BCUT2D eigenvalue weighted by Crippen LogP contribution is 2.30. The van der Waals surface area contributed by atoms with E-state index in [1.807, 2.05) is 12.3 Å². The zero-order valence-corrected chi connectivity index (χ0v) is 17.7. The van der Waals surface area contributed by atoms with E-state index in [2.05, 4.69) is 59.3 Å². The summed E-state index contributed by atoms with van der Waals surface area (Å²) in [5, 5.41) is 1.19. The fourth-order valence-electron chi connectivity index (χ4n) is 4.92. The minimum Gasteiger partial charge on any atom is -0.490 e. The molecule has 3 heterocycles. The maximum absolute atomic E-state index is 6.32. The molecule has 0 amide bonds. The van der Waals surface area contributed by atoms with Gasteiger partial charge in [-0.25, -0.2) is 0 Å². The van der Waals surface area contributed by atoms with Crippen LogP contribution in [-0.4, -0.2) is 48.3 Å². The Bertz CT molecular complexity index is 988. The van der Waals surface area contributed by atoms with Gasteiger partial charge in [0.15, 0.2) is 0 Å². The van der Waals surface area contributed by atoms with Gasteiger partial charge in [-0.3, -0.25) is 9.88 Å². The fourth-order valence-corrected chi connectivity index (χ4v) is 4.92. The zero-order valence-electron chi connectivity index (χ0n) is 17.7. The molecule has 5 rings (SSSR count). The summed E-state index contributed by atoms with van der Waals surface area (Å²) in [5.41, 5.74) is 4.74. The molecule has 2 fully saturated rings. The van der Waals surface area contributed by atoms with Gasteiger partial charge in [0.05, 0.1) is 5.52 Å². The number of nitrogens with zero attached hydrogens (tertiary/aromatic N) is 2. The molecule has 30 heavy (non-hydrogen) atoms. The Labute approximate surface area is 178 Å². The summed E-state index contributed by atoms with van der Waals surface area (Å²) in [6, 6.07) is 17.7. The molecule has 0 radical (unpaired) electrons. The summed E-state index contributed by atoms with van der Waals surface area (Å²) in [7, 11) is 0. The number of hydrogen-bond acceptors (Lipinski definition) is 4. The number of rotatable bonds is 4. The van der Waals surface area contributed by atoms with Crippen LogP contribution in [0.5, 0.6) is 5.75 Å². The number of hydrogen-bond donors (Lipinski definition) is 0. The van der Waals surface area contributed by atoms with Crippen molar-refractivity contribution in [1.29, 1.82) is 0 Å². The number of ether oxygens (including phenoxy) is 2. The predicted molar refractivity (Wildman–Crippen MR) is 121 cm³/mol. The maximum atomic E-state index is 6.32. The smallest absolute Gasteiger partial charge is 0.119 e. The third kappa shape index (κ3) is 4.07. The van der Waals surface area contributed by atoms with Crippen molar-refractivity contribution in [2.24, 2.45) is 0 Å². The monoisotopic (exact) mass is 402 g/mol. The van der Waals surface area contributed by atoms with E-state index in [1.54, 1.807) is 0 Å². The van der Waals surface area contributed by atoms with E-state index in [0.29, 0.717) is 12.1 Å². The van der Waals surface area contributed by atoms with Gasteiger partial charge in [0, 0.05) is 43.9 Å². The number of benzene rings is 2. The van der Waals surface area contributed by atoms with Crippen LogP contribution in [0.1, 0.15) is 31.2 Å². The van der Waals surface area contributed by atoms with Gasteiger partial charge in [0.1, 0.15) is 11.9 Å². The predicted octanol–water partition coefficient (Wildman–Crippen LogP) is 5.23. The van der Waals surface area contributed by atoms with E-state index in [4.69, 9.17) is 9.47 Å². The highest BCUT2D eigenvalue weighted by atomic mass is 16.5. The molecule has 2 aliphatic heterocycles. The van der Waals surface area contributed by atoms with Gasteiger partial charge in [-0.1, -0.05) is 30.3 Å². The lowest BCUT2D eigenvalue weighted by Gasteiger charge is -2.39. The highest BCUT2D eigenvalue weighted by Gasteiger charge is 2.27. The first kappa shape index (κ1) is 19.5. The molecule has 0 unspecified atom stereocenters. The van der Waals surface area contributed by atoms with E-state index in [0.717, 1.165) is 50.4 Å². The van der Waals surface area contributed by atoms with Crippen LogP contribution in [0.15, 0.2) is 54.7 Å². The largest absolute Gasteiger partial charge is 0.490 e. The average Bonchev–Trinajstić information content (AvgIpc) is 2.81. The number of aromatic nitrogens is 1. The first-order valence-corrected chi connectivity index (χ1v) is 11.2. The molecule has 0 saturated carbocycles. The van der Waals surface area contributed by atoms with Crippen LogP contribution in [0.2, 0.25) is 0 Å². The van der Waals surface area contributed by atoms with Crippen molar-refractivity contribution < 1.29 is 9.47 Å². The van der Waals surface area contributed by atoms with Crippen LogP contribution in [0.25, 0.3) is 22.0 Å². The molecule has 156 valence electrons. The zero-order chi connectivity index (χ0) is 20.3. The van der Waals surface area contributed by atoms with E-state index >= 15 is 0 Å². The van der Waals surface area contributed by atoms with E-state index < -0.39 is 0 Å². The Balaban J connectivity index is 1.22. The number of fused-ring (bicyclic) bond motifs is 1. The van der Waals surface area contributed by atoms with Crippen LogP contribution in [0.3, 0.4) is 0 Å². The molecule has 2 saturated heterocycles. The second-order valence-electron chi connectivity index (χ2n) is 8.53. The van der Waals surface area contributed by atoms with Gasteiger partial charge in [-0.05, 0) is 67.5 Å². The molecule has 0 spiro atoms. The van der Waals surface area contributed by atoms with Crippen molar-refractivity contribution >= 4 is 10.9 Å². The molecule has 2 aliphatic rings. The summed E-state index contributed by atoms with van der Waals surface area (Å²) in [6.07, 6.45) is 6.75. The maximum Gasteiger partial charge on any atom is 0.119 e. The first-order valence-electron chi connectivity index (χ1n) is 11.2. The summed E-state index contributed by atoms with van der Waals surface area (Å²) in [4.78, 5) is 7.21. The second-order valence-corrected chi connectivity index (χ2v) is 8.53. The summed E-state index contributed by atoms with van der Waals surface area (Å²) in [5.74, 6) is 0.972. The van der Waals surface area contributed by atoms with Gasteiger partial charge < -0.3 is 9.47 Å². The number of aryl methyl sites for hydroxylation is 1. The molecule has 0 aliphatic carbocycles. The Morgan fingerprint density at radius 3 is 2.47 bits per heavy atom. The van der Waals surface area contributed by atoms with Gasteiger partial charge in [-0.2, -0.15) is 0 Å². The Hall–Kier alpha value is -2.43. The Kier molecular flexibility index (Phi) is 5.69. The van der Waals surface area contributed by atoms with Crippen molar-refractivity contribution in [3.8, 4) is 16.9 Å².